The van der Waals surface area contributed by atoms with Gasteiger partial charge >= 0.3 is 5.97 Å². The van der Waals surface area contributed by atoms with Crippen molar-refractivity contribution in [1.29, 1.82) is 0 Å². The van der Waals surface area contributed by atoms with Gasteiger partial charge in [0.1, 0.15) is 12.6 Å². The van der Waals surface area contributed by atoms with Crippen LogP contribution in [0.1, 0.15) is 12.5 Å². The summed E-state index contributed by atoms with van der Waals surface area (Å²) in [6, 6.07) is 4.92. The molecule has 26 heavy (non-hydrogen) atoms. The van der Waals surface area contributed by atoms with Crippen molar-refractivity contribution in [3.63, 3.8) is 0 Å². The Hall–Kier alpha value is -1.83. The molecule has 0 amide bonds. The summed E-state index contributed by atoms with van der Waals surface area (Å²) in [6.07, 6.45) is 0.347. The summed E-state index contributed by atoms with van der Waals surface area (Å²) in [5, 5.41) is 0. The fourth-order valence-corrected chi connectivity index (χ4v) is 2.96. The van der Waals surface area contributed by atoms with E-state index in [1.807, 2.05) is 18.2 Å². The Bertz CT molecular complexity index is 574. The molecule has 1 aromatic rings. The molecular weight excluding hydrogens is 334 g/mol. The van der Waals surface area contributed by atoms with Crippen LogP contribution in [0.3, 0.4) is 0 Å². The van der Waals surface area contributed by atoms with Crippen molar-refractivity contribution < 1.29 is 19.0 Å². The lowest BCUT2D eigenvalue weighted by Gasteiger charge is -2.32. The second-order valence-corrected chi connectivity index (χ2v) is 6.50. The van der Waals surface area contributed by atoms with Gasteiger partial charge in [-0.3, -0.25) is 9.69 Å². The molecule has 1 fully saturated rings. The van der Waals surface area contributed by atoms with Gasteiger partial charge in [0, 0.05) is 44.7 Å². The highest BCUT2D eigenvalue weighted by Crippen LogP contribution is 2.32. The first-order valence-electron chi connectivity index (χ1n) is 9.17. The summed E-state index contributed by atoms with van der Waals surface area (Å²) in [7, 11) is 3.75. The van der Waals surface area contributed by atoms with E-state index in [4.69, 9.17) is 19.9 Å². The standard InChI is InChI=1S/C19H31N3O4/c1-4-25-19(23)16(20)14-15-6-5-7-17(24-3)18(15)26-13-12-22-10-8-21(2)9-11-22/h5-7,16H,4,8-14,20H2,1-3H3. The van der Waals surface area contributed by atoms with Crippen LogP contribution in [0.4, 0.5) is 0 Å². The van der Waals surface area contributed by atoms with Crippen LogP contribution in [0.15, 0.2) is 18.2 Å². The fraction of sp³-hybridized carbons (Fsp3) is 0.632. The Morgan fingerprint density at radius 2 is 2.00 bits per heavy atom. The molecule has 2 N–H and O–H groups in total. The zero-order valence-electron chi connectivity index (χ0n) is 16.1. The monoisotopic (exact) mass is 365 g/mol. The molecule has 0 bridgehead atoms. The van der Waals surface area contributed by atoms with Crippen LogP contribution < -0.4 is 15.2 Å². The van der Waals surface area contributed by atoms with E-state index in [0.717, 1.165) is 38.3 Å². The number of nitrogens with zero attached hydrogens (tertiary/aromatic N) is 2. The quantitative estimate of drug-likeness (QED) is 0.647. The van der Waals surface area contributed by atoms with Crippen LogP contribution in [0.5, 0.6) is 11.5 Å². The lowest BCUT2D eigenvalue weighted by atomic mass is 10.0. The number of hydrogen-bond donors (Lipinski definition) is 1. The maximum absolute atomic E-state index is 11.8. The summed E-state index contributed by atoms with van der Waals surface area (Å²) in [5.74, 6) is 0.902. The molecule has 1 aliphatic rings. The number of nitrogens with two attached hydrogens (primary N) is 1. The van der Waals surface area contributed by atoms with Crippen molar-refractivity contribution in [2.75, 3.05) is 60.1 Å². The van der Waals surface area contributed by atoms with E-state index in [2.05, 4.69) is 16.8 Å². The van der Waals surface area contributed by atoms with E-state index in [9.17, 15) is 4.79 Å². The van der Waals surface area contributed by atoms with Gasteiger partial charge in [-0.2, -0.15) is 0 Å². The first kappa shape index (κ1) is 20.5. The van der Waals surface area contributed by atoms with E-state index in [1.54, 1.807) is 14.0 Å². The number of esters is 1. The van der Waals surface area contributed by atoms with Crippen molar-refractivity contribution in [3.05, 3.63) is 23.8 Å². The predicted molar refractivity (Wildman–Crippen MR) is 101 cm³/mol. The maximum Gasteiger partial charge on any atom is 0.323 e. The number of carbonyl (C=O) groups is 1. The molecule has 2 rings (SSSR count). The number of carbonyl (C=O) groups excluding carboxylic acids is 1. The first-order chi connectivity index (χ1) is 12.5. The number of methoxy groups -OCH3 is 1. The largest absolute Gasteiger partial charge is 0.493 e. The molecule has 7 nitrogen and oxygen atoms in total. The second-order valence-electron chi connectivity index (χ2n) is 6.50. The minimum absolute atomic E-state index is 0.318. The topological polar surface area (TPSA) is 77.3 Å². The van der Waals surface area contributed by atoms with Crippen LogP contribution in [0.2, 0.25) is 0 Å². The first-order valence-corrected chi connectivity index (χ1v) is 9.17. The van der Waals surface area contributed by atoms with Crippen molar-refractivity contribution in [3.8, 4) is 11.5 Å². The van der Waals surface area contributed by atoms with E-state index in [1.165, 1.54) is 0 Å². The molecule has 146 valence electrons. The lowest BCUT2D eigenvalue weighted by Crippen LogP contribution is -2.45. The van der Waals surface area contributed by atoms with Gasteiger partial charge in [0.05, 0.1) is 13.7 Å². The van der Waals surface area contributed by atoms with Crippen molar-refractivity contribution in [2.24, 2.45) is 5.73 Å². The van der Waals surface area contributed by atoms with E-state index in [0.29, 0.717) is 31.1 Å². The van der Waals surface area contributed by atoms with Gasteiger partial charge < -0.3 is 24.8 Å². The highest BCUT2D eigenvalue weighted by molar-refractivity contribution is 5.76. The molecule has 0 spiro atoms. The van der Waals surface area contributed by atoms with Gasteiger partial charge in [-0.25, -0.2) is 0 Å². The normalized spacial score (nSPS) is 16.9. The molecule has 0 saturated carbocycles. The summed E-state index contributed by atoms with van der Waals surface area (Å²) < 4.78 is 16.5. The number of para-hydroxylation sites is 1. The zero-order valence-corrected chi connectivity index (χ0v) is 16.1. The van der Waals surface area contributed by atoms with E-state index < -0.39 is 12.0 Å². The highest BCUT2D eigenvalue weighted by Gasteiger charge is 2.20. The van der Waals surface area contributed by atoms with E-state index >= 15 is 0 Å². The predicted octanol–water partition coefficient (Wildman–Crippen LogP) is 0.754. The minimum Gasteiger partial charge on any atom is -0.493 e. The second kappa shape index (κ2) is 10.4. The summed E-state index contributed by atoms with van der Waals surface area (Å²) in [6.45, 7) is 7.75. The molecule has 1 aromatic carbocycles. The van der Waals surface area contributed by atoms with Crippen molar-refractivity contribution >= 4 is 5.97 Å². The van der Waals surface area contributed by atoms with Gasteiger partial charge in [-0.05, 0) is 20.0 Å². The summed E-state index contributed by atoms with van der Waals surface area (Å²) in [5.41, 5.74) is 6.82. The van der Waals surface area contributed by atoms with Gasteiger partial charge in [-0.15, -0.1) is 0 Å². The number of benzene rings is 1. The Balaban J connectivity index is 1.98. The third kappa shape index (κ3) is 5.86. The van der Waals surface area contributed by atoms with Gasteiger partial charge in [-0.1, -0.05) is 12.1 Å². The van der Waals surface area contributed by atoms with Gasteiger partial charge in [0.15, 0.2) is 11.5 Å². The lowest BCUT2D eigenvalue weighted by molar-refractivity contribution is -0.144. The molecule has 0 aromatic heterocycles. The Labute approximate surface area is 156 Å². The maximum atomic E-state index is 11.8. The zero-order chi connectivity index (χ0) is 18.9. The Kier molecular flexibility index (Phi) is 8.15. The summed E-state index contributed by atoms with van der Waals surface area (Å²) in [4.78, 5) is 16.5. The average Bonchev–Trinajstić information content (AvgIpc) is 2.64. The molecular formula is C19H31N3O4. The Morgan fingerprint density at radius 1 is 1.27 bits per heavy atom. The number of likely N-dealkylation sites (N-methyl/N-ethyl adjacent to an activating group) is 1. The summed E-state index contributed by atoms with van der Waals surface area (Å²) >= 11 is 0. The molecule has 1 heterocycles. The van der Waals surface area contributed by atoms with Crippen LogP contribution in [-0.2, 0) is 16.0 Å². The molecule has 7 heteroatoms. The minimum atomic E-state index is -0.720. The highest BCUT2D eigenvalue weighted by atomic mass is 16.5. The van der Waals surface area contributed by atoms with Gasteiger partial charge in [0.25, 0.3) is 0 Å². The fourth-order valence-electron chi connectivity index (χ4n) is 2.96. The third-order valence-corrected chi connectivity index (χ3v) is 4.56. The molecule has 1 unspecified atom stereocenters. The third-order valence-electron chi connectivity index (χ3n) is 4.56. The molecule has 1 saturated heterocycles. The molecule has 1 aliphatic heterocycles. The van der Waals surface area contributed by atoms with Crippen LogP contribution in [-0.4, -0.2) is 81.9 Å². The van der Waals surface area contributed by atoms with Crippen LogP contribution in [0, 0.1) is 0 Å². The SMILES string of the molecule is CCOC(=O)C(N)Cc1cccc(OC)c1OCCN1CCN(C)CC1. The number of piperazine rings is 1. The van der Waals surface area contributed by atoms with Crippen molar-refractivity contribution in [2.45, 2.75) is 19.4 Å². The molecule has 1 atom stereocenters. The smallest absolute Gasteiger partial charge is 0.323 e. The Morgan fingerprint density at radius 3 is 2.65 bits per heavy atom. The molecule has 0 radical (unpaired) electrons. The van der Waals surface area contributed by atoms with Crippen LogP contribution in [0.25, 0.3) is 0 Å². The number of hydrogen-bond acceptors (Lipinski definition) is 7. The molecule has 0 aliphatic carbocycles. The van der Waals surface area contributed by atoms with Crippen LogP contribution >= 0.6 is 0 Å². The van der Waals surface area contributed by atoms with Crippen molar-refractivity contribution in [1.82, 2.24) is 9.80 Å². The number of ether oxygens (including phenoxy) is 3. The average molecular weight is 365 g/mol. The number of rotatable bonds is 9. The van der Waals surface area contributed by atoms with Gasteiger partial charge in [0.2, 0.25) is 0 Å². The van der Waals surface area contributed by atoms with E-state index in [-0.39, 0.29) is 0 Å².